The average molecular weight is 265 g/mol. The molecule has 2 rings (SSSR count). The first-order chi connectivity index (χ1) is 8.65. The number of fused-ring (bicyclic) bond motifs is 1. The normalized spacial score (nSPS) is 22.9. The van der Waals surface area contributed by atoms with Gasteiger partial charge in [0.1, 0.15) is 5.75 Å². The van der Waals surface area contributed by atoms with Crippen LogP contribution in [0.5, 0.6) is 5.75 Å². The topological polar surface area (TPSA) is 21.3 Å². The molecule has 100 valence electrons. The fourth-order valence-electron chi connectivity index (χ4n) is 2.72. The summed E-state index contributed by atoms with van der Waals surface area (Å²) in [4.78, 5) is 0. The third-order valence-electron chi connectivity index (χ3n) is 3.52. The first kappa shape index (κ1) is 13.8. The molecule has 0 saturated heterocycles. The first-order valence-corrected chi connectivity index (χ1v) is 7.59. The molecule has 1 N–H and O–H groups in total. The summed E-state index contributed by atoms with van der Waals surface area (Å²) < 4.78 is 5.35. The molecule has 1 aromatic carbocycles. The molecule has 0 aliphatic heterocycles. The van der Waals surface area contributed by atoms with Crippen LogP contribution in [-0.4, -0.2) is 24.7 Å². The maximum absolute atomic E-state index is 5.35. The number of hydrogen-bond acceptors (Lipinski definition) is 3. The van der Waals surface area contributed by atoms with Crippen LogP contribution in [0.1, 0.15) is 37.4 Å². The number of ether oxygens (including phenoxy) is 1. The molecule has 1 aromatic rings. The van der Waals surface area contributed by atoms with Crippen LogP contribution in [0.4, 0.5) is 0 Å². The molecule has 18 heavy (non-hydrogen) atoms. The summed E-state index contributed by atoms with van der Waals surface area (Å²) in [6, 6.07) is 6.93. The molecule has 3 heteroatoms. The standard InChI is InChI=1S/C15H23NOS/c1-10(2)18-14-8-6-11-5-7-12(17-4)9-13(11)15(14)16-3/h5,7,9-10,14-16H,6,8H2,1-4H3. The summed E-state index contributed by atoms with van der Waals surface area (Å²) in [5.41, 5.74) is 2.89. The van der Waals surface area contributed by atoms with Gasteiger partial charge in [-0.05, 0) is 48.4 Å². The maximum atomic E-state index is 5.35. The lowest BCUT2D eigenvalue weighted by Gasteiger charge is -2.34. The second-order valence-corrected chi connectivity index (χ2v) is 6.91. The van der Waals surface area contributed by atoms with Gasteiger partial charge in [0.05, 0.1) is 7.11 Å². The Morgan fingerprint density at radius 1 is 1.39 bits per heavy atom. The van der Waals surface area contributed by atoms with Gasteiger partial charge in [-0.1, -0.05) is 19.9 Å². The highest BCUT2D eigenvalue weighted by atomic mass is 32.2. The van der Waals surface area contributed by atoms with E-state index in [9.17, 15) is 0 Å². The number of methoxy groups -OCH3 is 1. The minimum atomic E-state index is 0.441. The molecule has 2 atom stereocenters. The smallest absolute Gasteiger partial charge is 0.119 e. The molecular weight excluding hydrogens is 242 g/mol. The van der Waals surface area contributed by atoms with Crippen LogP contribution in [0.25, 0.3) is 0 Å². The van der Waals surface area contributed by atoms with Crippen LogP contribution in [0, 0.1) is 0 Å². The van der Waals surface area contributed by atoms with E-state index in [2.05, 4.69) is 56.2 Å². The van der Waals surface area contributed by atoms with Crippen molar-refractivity contribution in [1.29, 1.82) is 0 Å². The van der Waals surface area contributed by atoms with Crippen LogP contribution in [0.3, 0.4) is 0 Å². The second-order valence-electron chi connectivity index (χ2n) is 5.09. The Bertz CT molecular complexity index is 405. The van der Waals surface area contributed by atoms with Gasteiger partial charge in [-0.15, -0.1) is 0 Å². The van der Waals surface area contributed by atoms with Crippen molar-refractivity contribution in [2.45, 2.75) is 43.2 Å². The van der Waals surface area contributed by atoms with E-state index < -0.39 is 0 Å². The summed E-state index contributed by atoms with van der Waals surface area (Å²) in [5.74, 6) is 0.962. The molecule has 2 unspecified atom stereocenters. The van der Waals surface area contributed by atoms with E-state index in [0.29, 0.717) is 16.5 Å². The van der Waals surface area contributed by atoms with Gasteiger partial charge in [0.15, 0.2) is 0 Å². The van der Waals surface area contributed by atoms with Crippen LogP contribution >= 0.6 is 11.8 Å². The number of rotatable bonds is 4. The Kier molecular flexibility index (Phi) is 4.57. The number of benzene rings is 1. The molecule has 1 aliphatic rings. The molecule has 0 fully saturated rings. The van der Waals surface area contributed by atoms with Gasteiger partial charge in [0, 0.05) is 11.3 Å². The van der Waals surface area contributed by atoms with Crippen LogP contribution in [-0.2, 0) is 6.42 Å². The summed E-state index contributed by atoms with van der Waals surface area (Å²) in [6.45, 7) is 4.55. The average Bonchev–Trinajstić information content (AvgIpc) is 2.37. The number of aryl methyl sites for hydroxylation is 1. The van der Waals surface area contributed by atoms with Crippen molar-refractivity contribution in [3.05, 3.63) is 29.3 Å². The summed E-state index contributed by atoms with van der Waals surface area (Å²) in [5, 5.41) is 4.83. The Balaban J connectivity index is 2.29. The highest BCUT2D eigenvalue weighted by molar-refractivity contribution is 8.00. The quantitative estimate of drug-likeness (QED) is 0.901. The Morgan fingerprint density at radius 3 is 2.78 bits per heavy atom. The molecule has 0 amide bonds. The van der Waals surface area contributed by atoms with E-state index in [1.807, 2.05) is 0 Å². The maximum Gasteiger partial charge on any atom is 0.119 e. The molecule has 0 saturated carbocycles. The van der Waals surface area contributed by atoms with Crippen molar-refractivity contribution in [2.24, 2.45) is 0 Å². The third kappa shape index (κ3) is 2.83. The fourth-order valence-corrected chi connectivity index (χ4v) is 4.11. The van der Waals surface area contributed by atoms with Gasteiger partial charge in [-0.2, -0.15) is 11.8 Å². The monoisotopic (exact) mass is 265 g/mol. The van der Waals surface area contributed by atoms with Gasteiger partial charge < -0.3 is 10.1 Å². The molecule has 0 radical (unpaired) electrons. The fraction of sp³-hybridized carbons (Fsp3) is 0.600. The van der Waals surface area contributed by atoms with Crippen LogP contribution in [0.15, 0.2) is 18.2 Å². The van der Waals surface area contributed by atoms with Crippen LogP contribution < -0.4 is 10.1 Å². The lowest BCUT2D eigenvalue weighted by molar-refractivity contribution is 0.411. The SMILES string of the molecule is CNC1c2cc(OC)ccc2CCC1SC(C)C. The Morgan fingerprint density at radius 2 is 2.17 bits per heavy atom. The Labute approximate surface area is 114 Å². The third-order valence-corrected chi connectivity index (χ3v) is 4.92. The van der Waals surface area contributed by atoms with E-state index in [-0.39, 0.29) is 0 Å². The van der Waals surface area contributed by atoms with Crippen molar-refractivity contribution >= 4 is 11.8 Å². The zero-order valence-corrected chi connectivity index (χ0v) is 12.5. The van der Waals surface area contributed by atoms with Gasteiger partial charge in [-0.3, -0.25) is 0 Å². The second kappa shape index (κ2) is 5.98. The van der Waals surface area contributed by atoms with Gasteiger partial charge in [0.25, 0.3) is 0 Å². The predicted molar refractivity (Wildman–Crippen MR) is 79.6 cm³/mol. The van der Waals surface area contributed by atoms with Gasteiger partial charge in [-0.25, -0.2) is 0 Å². The molecule has 0 spiro atoms. The predicted octanol–water partition coefficient (Wildman–Crippen LogP) is 3.41. The minimum Gasteiger partial charge on any atom is -0.497 e. The van der Waals surface area contributed by atoms with Crippen molar-refractivity contribution in [1.82, 2.24) is 5.32 Å². The zero-order valence-electron chi connectivity index (χ0n) is 11.7. The van der Waals surface area contributed by atoms with E-state index in [1.54, 1.807) is 7.11 Å². The van der Waals surface area contributed by atoms with Crippen molar-refractivity contribution in [3.8, 4) is 5.75 Å². The molecule has 2 nitrogen and oxygen atoms in total. The highest BCUT2D eigenvalue weighted by Crippen LogP contribution is 2.39. The molecule has 0 heterocycles. The van der Waals surface area contributed by atoms with Crippen molar-refractivity contribution in [3.63, 3.8) is 0 Å². The van der Waals surface area contributed by atoms with Gasteiger partial charge in [0.2, 0.25) is 0 Å². The van der Waals surface area contributed by atoms with Crippen molar-refractivity contribution < 1.29 is 4.74 Å². The summed E-state index contributed by atoms with van der Waals surface area (Å²) in [6.07, 6.45) is 2.44. The lowest BCUT2D eigenvalue weighted by Crippen LogP contribution is -2.33. The van der Waals surface area contributed by atoms with E-state index >= 15 is 0 Å². The summed E-state index contributed by atoms with van der Waals surface area (Å²) >= 11 is 2.08. The lowest BCUT2D eigenvalue weighted by atomic mass is 9.87. The largest absolute Gasteiger partial charge is 0.497 e. The highest BCUT2D eigenvalue weighted by Gasteiger charge is 2.29. The first-order valence-electron chi connectivity index (χ1n) is 6.65. The number of nitrogens with one attached hydrogen (secondary N) is 1. The van der Waals surface area contributed by atoms with E-state index in [0.717, 1.165) is 5.75 Å². The minimum absolute atomic E-state index is 0.441. The molecule has 0 bridgehead atoms. The number of hydrogen-bond donors (Lipinski definition) is 1. The summed E-state index contributed by atoms with van der Waals surface area (Å²) in [7, 11) is 3.80. The van der Waals surface area contributed by atoms with Crippen molar-refractivity contribution in [2.75, 3.05) is 14.2 Å². The molecule has 1 aliphatic carbocycles. The van der Waals surface area contributed by atoms with Crippen LogP contribution in [0.2, 0.25) is 0 Å². The Hall–Kier alpha value is -0.670. The van der Waals surface area contributed by atoms with E-state index in [4.69, 9.17) is 4.74 Å². The van der Waals surface area contributed by atoms with Gasteiger partial charge >= 0.3 is 0 Å². The van der Waals surface area contributed by atoms with E-state index in [1.165, 1.54) is 24.0 Å². The molecule has 0 aromatic heterocycles. The zero-order chi connectivity index (χ0) is 13.1. The number of thioether (sulfide) groups is 1. The molecular formula is C15H23NOS.